The number of benzene rings is 3. The van der Waals surface area contributed by atoms with Gasteiger partial charge in [-0.1, -0.05) is 42.5 Å². The number of halogens is 1. The van der Waals surface area contributed by atoms with E-state index in [1.165, 1.54) is 19.2 Å². The van der Waals surface area contributed by atoms with E-state index < -0.39 is 23.1 Å². The number of methoxy groups -OCH3 is 1. The third-order valence-electron chi connectivity index (χ3n) is 11.0. The van der Waals surface area contributed by atoms with Crippen molar-refractivity contribution in [3.63, 3.8) is 0 Å². The molecular weight excluding hydrogens is 758 g/mol. The summed E-state index contributed by atoms with van der Waals surface area (Å²) >= 11 is 1.57. The lowest BCUT2D eigenvalue weighted by molar-refractivity contribution is 0.0223. The first kappa shape index (κ1) is 39.1. The number of carbonyl (C=O) groups excluding carboxylic acids is 2. The number of ether oxygens (including phenoxy) is 3. The van der Waals surface area contributed by atoms with Gasteiger partial charge in [0.15, 0.2) is 0 Å². The van der Waals surface area contributed by atoms with Gasteiger partial charge in [0.1, 0.15) is 23.8 Å². The number of fused-ring (bicyclic) bond motifs is 2. The van der Waals surface area contributed by atoms with Gasteiger partial charge in [-0.3, -0.25) is 4.68 Å². The monoisotopic (exact) mass is 803 g/mol. The molecule has 2 aliphatic rings. The van der Waals surface area contributed by atoms with Crippen molar-refractivity contribution in [2.75, 3.05) is 33.4 Å². The van der Waals surface area contributed by atoms with E-state index in [2.05, 4.69) is 18.2 Å². The summed E-state index contributed by atoms with van der Waals surface area (Å²) in [6.45, 7) is 7.38. The molecule has 1 N–H and O–H groups in total. The molecule has 0 spiro atoms. The summed E-state index contributed by atoms with van der Waals surface area (Å²) in [5, 5.41) is 18.7. The first-order valence-electron chi connectivity index (χ1n) is 19.4. The molecule has 13 heteroatoms. The third kappa shape index (κ3) is 7.76. The van der Waals surface area contributed by atoms with Crippen molar-refractivity contribution in [3.8, 4) is 39.4 Å². The molecule has 0 atom stereocenters. The van der Waals surface area contributed by atoms with E-state index in [0.717, 1.165) is 43.6 Å². The van der Waals surface area contributed by atoms with Gasteiger partial charge in [0.2, 0.25) is 0 Å². The molecule has 2 aliphatic heterocycles. The largest absolute Gasteiger partial charge is 0.496 e. The fraction of sp³-hybridized carbons (Fsp3) is 0.333. The van der Waals surface area contributed by atoms with Crippen LogP contribution in [0, 0.1) is 5.82 Å². The Kier molecular flexibility index (Phi) is 10.7. The highest BCUT2D eigenvalue weighted by Crippen LogP contribution is 2.46. The van der Waals surface area contributed by atoms with Crippen molar-refractivity contribution in [1.82, 2.24) is 24.6 Å². The van der Waals surface area contributed by atoms with Gasteiger partial charge in [-0.2, -0.15) is 5.10 Å². The first-order chi connectivity index (χ1) is 27.9. The average molecular weight is 804 g/mol. The molecule has 0 saturated carbocycles. The number of hydrogen-bond donors (Lipinski definition) is 1. The standard InChI is InChI=1S/C45H46FN5O6S/c1-44(2,3)57-43(54)50-18-14-30-22-31(10-11-32(30)25-50)39-36-15-21-58-41(36)38(35-13-12-34(46)23-37(35)55-4)40(48-39)33-24-47-51(26-33)45(28-52)16-19-49(20-17-45)42(53)56-27-29-8-6-5-7-9-29/h5-13,15,21-24,26,52H,14,16-20,25,27-28H2,1-4H3. The first-order valence-corrected chi connectivity index (χ1v) is 20.3. The van der Waals surface area contributed by atoms with Gasteiger partial charge in [-0.15, -0.1) is 11.3 Å². The number of hydrogen-bond acceptors (Lipinski definition) is 9. The predicted octanol–water partition coefficient (Wildman–Crippen LogP) is 9.05. The van der Waals surface area contributed by atoms with Crippen molar-refractivity contribution in [2.24, 2.45) is 0 Å². The van der Waals surface area contributed by atoms with Crippen molar-refractivity contribution >= 4 is 33.6 Å². The van der Waals surface area contributed by atoms with Gasteiger partial charge in [-0.05, 0) is 86.4 Å². The van der Waals surface area contributed by atoms with Gasteiger partial charge < -0.3 is 29.1 Å². The molecule has 1 saturated heterocycles. The molecule has 5 heterocycles. The number of amides is 2. The lowest BCUT2D eigenvalue weighted by Gasteiger charge is -2.40. The van der Waals surface area contributed by atoms with E-state index in [9.17, 15) is 19.1 Å². The highest BCUT2D eigenvalue weighted by atomic mass is 32.1. The number of rotatable bonds is 8. The lowest BCUT2D eigenvalue weighted by atomic mass is 9.88. The number of likely N-dealkylation sites (tertiary alicyclic amines) is 1. The van der Waals surface area contributed by atoms with Gasteiger partial charge in [-0.25, -0.2) is 19.0 Å². The number of aliphatic hydroxyl groups is 1. The number of thiophene rings is 1. The van der Waals surface area contributed by atoms with Crippen LogP contribution < -0.4 is 4.74 Å². The zero-order valence-corrected chi connectivity index (χ0v) is 33.9. The fourth-order valence-electron chi connectivity index (χ4n) is 7.84. The van der Waals surface area contributed by atoms with Crippen LogP contribution in [0.25, 0.3) is 43.7 Å². The van der Waals surface area contributed by atoms with Gasteiger partial charge >= 0.3 is 12.2 Å². The Morgan fingerprint density at radius 2 is 1.71 bits per heavy atom. The Morgan fingerprint density at radius 3 is 2.45 bits per heavy atom. The Morgan fingerprint density at radius 1 is 0.914 bits per heavy atom. The van der Waals surface area contributed by atoms with E-state index in [1.54, 1.807) is 38.1 Å². The maximum Gasteiger partial charge on any atom is 0.410 e. The van der Waals surface area contributed by atoms with Crippen LogP contribution in [-0.4, -0.2) is 80.8 Å². The SMILES string of the molecule is COc1cc(F)ccc1-c1c(-c2cnn(C3(CO)CCN(C(=O)OCc4ccccc4)CC3)c2)nc(-c2ccc3c(c2)CCN(C(=O)OC(C)(C)C)C3)c2ccsc12. The number of aromatic nitrogens is 3. The summed E-state index contributed by atoms with van der Waals surface area (Å²) < 4.78 is 34.3. The van der Waals surface area contributed by atoms with E-state index in [1.807, 2.05) is 68.7 Å². The summed E-state index contributed by atoms with van der Waals surface area (Å²) in [5.74, 6) is -0.0407. The summed E-state index contributed by atoms with van der Waals surface area (Å²) in [5.41, 5.74) is 6.28. The highest BCUT2D eigenvalue weighted by molar-refractivity contribution is 7.18. The van der Waals surface area contributed by atoms with E-state index in [-0.39, 0.29) is 19.3 Å². The number of nitrogens with zero attached hydrogens (tertiary/aromatic N) is 5. The number of pyridine rings is 1. The minimum atomic E-state index is -0.760. The second kappa shape index (κ2) is 15.9. The van der Waals surface area contributed by atoms with Crippen LogP contribution in [0.1, 0.15) is 50.3 Å². The molecular formula is C45H46FN5O6S. The molecule has 0 radical (unpaired) electrons. The Balaban J connectivity index is 1.14. The molecule has 58 heavy (non-hydrogen) atoms. The lowest BCUT2D eigenvalue weighted by Crippen LogP contribution is -2.50. The van der Waals surface area contributed by atoms with E-state index in [4.69, 9.17) is 24.3 Å². The van der Waals surface area contributed by atoms with Gasteiger partial charge in [0, 0.05) is 70.8 Å². The Hall–Kier alpha value is -5.79. The quantitative estimate of drug-likeness (QED) is 0.162. The van der Waals surface area contributed by atoms with Gasteiger partial charge in [0.25, 0.3) is 0 Å². The zero-order chi connectivity index (χ0) is 40.6. The normalized spacial score (nSPS) is 15.3. The molecule has 0 bridgehead atoms. The van der Waals surface area contributed by atoms with E-state index in [0.29, 0.717) is 68.0 Å². The molecule has 300 valence electrons. The summed E-state index contributed by atoms with van der Waals surface area (Å²) in [4.78, 5) is 34.7. The van der Waals surface area contributed by atoms with Crippen LogP contribution in [0.4, 0.5) is 14.0 Å². The summed E-state index contributed by atoms with van der Waals surface area (Å²) in [6, 6.07) is 22.4. The van der Waals surface area contributed by atoms with Crippen molar-refractivity contribution in [2.45, 2.75) is 64.3 Å². The smallest absolute Gasteiger partial charge is 0.410 e. The van der Waals surface area contributed by atoms with Gasteiger partial charge in [0.05, 0.1) is 36.8 Å². The molecule has 11 nitrogen and oxygen atoms in total. The second-order valence-corrected chi connectivity index (χ2v) is 16.8. The average Bonchev–Trinajstić information content (AvgIpc) is 3.93. The minimum Gasteiger partial charge on any atom is -0.496 e. The van der Waals surface area contributed by atoms with Crippen LogP contribution in [0.3, 0.4) is 0 Å². The number of carbonyl (C=O) groups is 2. The molecule has 0 unspecified atom stereocenters. The molecule has 3 aromatic heterocycles. The van der Waals surface area contributed by atoms with Crippen LogP contribution in [0.2, 0.25) is 0 Å². The molecule has 2 amide bonds. The minimum absolute atomic E-state index is 0.178. The number of piperidine rings is 1. The highest BCUT2D eigenvalue weighted by Gasteiger charge is 2.39. The predicted molar refractivity (Wildman–Crippen MR) is 221 cm³/mol. The Labute approximate surface area is 340 Å². The van der Waals surface area contributed by atoms with Crippen molar-refractivity contribution in [3.05, 3.63) is 113 Å². The van der Waals surface area contributed by atoms with Crippen molar-refractivity contribution in [1.29, 1.82) is 0 Å². The topological polar surface area (TPSA) is 119 Å². The summed E-state index contributed by atoms with van der Waals surface area (Å²) in [6.07, 6.45) is 4.54. The second-order valence-electron chi connectivity index (χ2n) is 15.9. The third-order valence-corrected chi connectivity index (χ3v) is 11.9. The van der Waals surface area contributed by atoms with E-state index >= 15 is 0 Å². The maximum atomic E-state index is 14.6. The molecule has 1 fully saturated rings. The zero-order valence-electron chi connectivity index (χ0n) is 33.0. The van der Waals surface area contributed by atoms with Crippen molar-refractivity contribution < 1.29 is 33.3 Å². The Bertz CT molecular complexity index is 2470. The molecule has 3 aromatic carbocycles. The van der Waals surface area contributed by atoms with Crippen LogP contribution >= 0.6 is 11.3 Å². The molecule has 8 rings (SSSR count). The van der Waals surface area contributed by atoms with Crippen LogP contribution in [-0.2, 0) is 34.6 Å². The maximum absolute atomic E-state index is 14.6. The van der Waals surface area contributed by atoms with Crippen LogP contribution in [0.5, 0.6) is 5.75 Å². The van der Waals surface area contributed by atoms with Crippen LogP contribution in [0.15, 0.2) is 90.6 Å². The molecule has 0 aliphatic carbocycles. The number of aliphatic hydroxyl groups excluding tert-OH is 1. The molecule has 6 aromatic rings. The fourth-order valence-corrected chi connectivity index (χ4v) is 8.79. The summed E-state index contributed by atoms with van der Waals surface area (Å²) in [7, 11) is 1.52.